The second kappa shape index (κ2) is 9.00. The first kappa shape index (κ1) is 13.4. The highest BCUT2D eigenvalue weighted by Crippen LogP contribution is 2.03. The van der Waals surface area contributed by atoms with Gasteiger partial charge in [-0.1, -0.05) is 19.4 Å². The number of nitrogens with zero attached hydrogens (tertiary/aromatic N) is 1. The van der Waals surface area contributed by atoms with Crippen molar-refractivity contribution in [2.45, 2.75) is 33.6 Å². The van der Waals surface area contributed by atoms with Crippen LogP contribution in [0.1, 0.15) is 33.6 Å². The topological polar surface area (TPSA) is 24.4 Å². The van der Waals surface area contributed by atoms with Crippen LogP contribution in [0.25, 0.3) is 0 Å². The molecule has 0 spiro atoms. The number of hydrogen-bond donors (Lipinski definition) is 1. The lowest BCUT2D eigenvalue weighted by atomic mass is 10.3. The lowest BCUT2D eigenvalue weighted by molar-refractivity contribution is 0.821. The van der Waals surface area contributed by atoms with E-state index in [2.05, 4.69) is 46.2 Å². The Hall–Kier alpha value is -0.570. The normalized spacial score (nSPS) is 13.7. The number of aliphatic imine (C=N–C) groups is 1. The van der Waals surface area contributed by atoms with Crippen molar-refractivity contribution >= 4 is 22.1 Å². The van der Waals surface area contributed by atoms with E-state index in [0.717, 1.165) is 29.7 Å². The molecule has 0 rings (SSSR count). The lowest BCUT2D eigenvalue weighted by Crippen LogP contribution is -2.10. The molecule has 0 heterocycles. The third-order valence-corrected chi connectivity index (χ3v) is 2.25. The average Bonchev–Trinajstić information content (AvgIpc) is 2.21. The maximum Gasteiger partial charge on any atom is 0.121 e. The Kier molecular flexibility index (Phi) is 8.64. The van der Waals surface area contributed by atoms with E-state index in [0.29, 0.717) is 0 Å². The van der Waals surface area contributed by atoms with Crippen molar-refractivity contribution in [2.24, 2.45) is 4.99 Å². The van der Waals surface area contributed by atoms with Crippen molar-refractivity contribution in [3.8, 4) is 0 Å². The first-order valence-corrected chi connectivity index (χ1v) is 5.83. The number of allylic oxidation sites excluding steroid dienone is 3. The Bertz CT molecular complexity index is 229. The predicted octanol–water partition coefficient (Wildman–Crippen LogP) is 3.61. The van der Waals surface area contributed by atoms with Gasteiger partial charge in [0.25, 0.3) is 0 Å². The Labute approximate surface area is 95.3 Å². The second-order valence-corrected chi connectivity index (χ2v) is 3.76. The van der Waals surface area contributed by atoms with Crippen LogP contribution in [-0.2, 0) is 0 Å². The summed E-state index contributed by atoms with van der Waals surface area (Å²) >= 11 is 3.38. The van der Waals surface area contributed by atoms with Gasteiger partial charge in [0.05, 0.1) is 0 Å². The summed E-state index contributed by atoms with van der Waals surface area (Å²) in [5.74, 6) is 0.952. The molecule has 0 aromatic carbocycles. The number of rotatable bonds is 6. The monoisotopic (exact) mass is 258 g/mol. The Morgan fingerprint density at radius 3 is 2.64 bits per heavy atom. The van der Waals surface area contributed by atoms with Gasteiger partial charge in [-0.3, -0.25) is 0 Å². The van der Waals surface area contributed by atoms with Crippen LogP contribution in [0.2, 0.25) is 0 Å². The molecule has 1 N–H and O–H groups in total. The second-order valence-electron chi connectivity index (χ2n) is 2.84. The summed E-state index contributed by atoms with van der Waals surface area (Å²) in [5, 5.41) is 3.21. The van der Waals surface area contributed by atoms with E-state index < -0.39 is 0 Å². The minimum absolute atomic E-state index is 0.903. The van der Waals surface area contributed by atoms with Crippen molar-refractivity contribution in [1.29, 1.82) is 0 Å². The molecular weight excluding hydrogens is 240 g/mol. The fraction of sp³-hybridized carbons (Fsp3) is 0.545. The van der Waals surface area contributed by atoms with Crippen molar-refractivity contribution in [1.82, 2.24) is 5.32 Å². The first-order chi connectivity index (χ1) is 6.74. The van der Waals surface area contributed by atoms with Crippen LogP contribution in [-0.4, -0.2) is 12.8 Å². The van der Waals surface area contributed by atoms with Gasteiger partial charge < -0.3 is 5.32 Å². The molecule has 0 unspecified atom stereocenters. The molecular formula is C11H19BrN2. The van der Waals surface area contributed by atoms with Crippen LogP contribution in [0.4, 0.5) is 0 Å². The highest BCUT2D eigenvalue weighted by Gasteiger charge is 1.89. The minimum atomic E-state index is 0.903. The Morgan fingerprint density at radius 1 is 1.43 bits per heavy atom. The van der Waals surface area contributed by atoms with Gasteiger partial charge in [0, 0.05) is 17.2 Å². The first-order valence-electron chi connectivity index (χ1n) is 5.04. The van der Waals surface area contributed by atoms with Crippen molar-refractivity contribution in [3.05, 3.63) is 22.5 Å². The van der Waals surface area contributed by atoms with Crippen LogP contribution in [0.5, 0.6) is 0 Å². The minimum Gasteiger partial charge on any atom is -0.371 e. The summed E-state index contributed by atoms with van der Waals surface area (Å²) < 4.78 is 0.998. The van der Waals surface area contributed by atoms with Crippen molar-refractivity contribution < 1.29 is 0 Å². The zero-order valence-corrected chi connectivity index (χ0v) is 10.8. The molecule has 3 heteroatoms. The van der Waals surface area contributed by atoms with Crippen molar-refractivity contribution in [2.75, 3.05) is 6.54 Å². The molecule has 0 aromatic rings. The summed E-state index contributed by atoms with van der Waals surface area (Å²) in [4.78, 5) is 4.33. The number of halogens is 1. The lowest BCUT2D eigenvalue weighted by Gasteiger charge is -2.02. The van der Waals surface area contributed by atoms with E-state index in [1.54, 1.807) is 0 Å². The Balaban J connectivity index is 4.28. The van der Waals surface area contributed by atoms with Crippen LogP contribution in [0.15, 0.2) is 27.4 Å². The van der Waals surface area contributed by atoms with E-state index >= 15 is 0 Å². The van der Waals surface area contributed by atoms with Gasteiger partial charge in [0.2, 0.25) is 0 Å². The fourth-order valence-corrected chi connectivity index (χ4v) is 0.941. The van der Waals surface area contributed by atoms with E-state index in [9.17, 15) is 0 Å². The molecule has 0 amide bonds. The van der Waals surface area contributed by atoms with E-state index in [-0.39, 0.29) is 0 Å². The number of unbranched alkanes of at least 4 members (excludes halogenated alkanes) is 1. The third-order valence-electron chi connectivity index (χ3n) is 1.59. The predicted molar refractivity (Wildman–Crippen MR) is 67.8 cm³/mol. The molecule has 0 bridgehead atoms. The third kappa shape index (κ3) is 6.89. The van der Waals surface area contributed by atoms with Gasteiger partial charge in [0.1, 0.15) is 5.82 Å². The summed E-state index contributed by atoms with van der Waals surface area (Å²) in [7, 11) is 0. The van der Waals surface area contributed by atoms with Gasteiger partial charge in [-0.05, 0) is 42.3 Å². The summed E-state index contributed by atoms with van der Waals surface area (Å²) in [6, 6.07) is 0. The molecule has 0 aliphatic heterocycles. The summed E-state index contributed by atoms with van der Waals surface area (Å²) in [5.41, 5.74) is 0. The number of nitrogens with one attached hydrogen (secondary N) is 1. The van der Waals surface area contributed by atoms with Crippen LogP contribution in [0, 0.1) is 0 Å². The van der Waals surface area contributed by atoms with Crippen LogP contribution < -0.4 is 5.32 Å². The largest absolute Gasteiger partial charge is 0.371 e. The molecule has 2 nitrogen and oxygen atoms in total. The smallest absolute Gasteiger partial charge is 0.121 e. The summed E-state index contributed by atoms with van der Waals surface area (Å²) in [6.45, 7) is 7.10. The van der Waals surface area contributed by atoms with Gasteiger partial charge in [0.15, 0.2) is 0 Å². The van der Waals surface area contributed by atoms with E-state index in [1.807, 2.05) is 19.2 Å². The quantitative estimate of drug-likeness (QED) is 0.724. The molecule has 0 aliphatic rings. The highest BCUT2D eigenvalue weighted by atomic mass is 79.9. The maximum atomic E-state index is 4.33. The molecule has 14 heavy (non-hydrogen) atoms. The van der Waals surface area contributed by atoms with Crippen LogP contribution >= 0.6 is 15.9 Å². The van der Waals surface area contributed by atoms with Gasteiger partial charge >= 0.3 is 0 Å². The number of hydrogen-bond acceptors (Lipinski definition) is 2. The molecule has 80 valence electrons. The molecule has 0 aromatic heterocycles. The van der Waals surface area contributed by atoms with E-state index in [1.165, 1.54) is 0 Å². The Morgan fingerprint density at radius 2 is 2.14 bits per heavy atom. The zero-order chi connectivity index (χ0) is 10.8. The van der Waals surface area contributed by atoms with Gasteiger partial charge in [-0.2, -0.15) is 0 Å². The maximum absolute atomic E-state index is 4.33. The average molecular weight is 259 g/mol. The summed E-state index contributed by atoms with van der Waals surface area (Å²) in [6.07, 6.45) is 8.11. The van der Waals surface area contributed by atoms with Gasteiger partial charge in [-0.25, -0.2) is 4.99 Å². The van der Waals surface area contributed by atoms with Crippen LogP contribution in [0.3, 0.4) is 0 Å². The molecule has 0 radical (unpaired) electrons. The van der Waals surface area contributed by atoms with Crippen molar-refractivity contribution in [3.63, 3.8) is 0 Å². The van der Waals surface area contributed by atoms with Gasteiger partial charge in [-0.15, -0.1) is 0 Å². The standard InChI is InChI=1S/C11H19BrN2/c1-4-7-8-11(13-6-3)14-9-10(12)5-2/h5,8-9,13H,4,6-7H2,1-3H3/b10-5+,11-8+,14-9+. The van der Waals surface area contributed by atoms with E-state index in [4.69, 9.17) is 0 Å². The molecule has 0 saturated heterocycles. The molecule has 0 fully saturated rings. The molecule has 0 saturated carbocycles. The highest BCUT2D eigenvalue weighted by molar-refractivity contribution is 9.12. The SMILES string of the molecule is C\C=C(Br)/C=N/C(=C/CCC)NCC. The molecule has 0 aliphatic carbocycles. The molecule has 0 atom stereocenters. The zero-order valence-electron chi connectivity index (χ0n) is 9.18. The fourth-order valence-electron chi connectivity index (χ4n) is 0.838.